The van der Waals surface area contributed by atoms with Crippen LogP contribution < -0.4 is 5.32 Å². The van der Waals surface area contributed by atoms with Gasteiger partial charge in [0, 0.05) is 17.8 Å². The number of unbranched alkanes of at least 4 members (excludes halogenated alkanes) is 1. The van der Waals surface area contributed by atoms with Gasteiger partial charge < -0.3 is 5.32 Å². The average Bonchev–Trinajstić information content (AvgIpc) is 2.29. The number of pyridine rings is 1. The highest BCUT2D eigenvalue weighted by Crippen LogP contribution is 2.21. The van der Waals surface area contributed by atoms with Gasteiger partial charge in [0.15, 0.2) is 0 Å². The fraction of sp³-hybridized carbons (Fsp3) is 0.462. The van der Waals surface area contributed by atoms with Gasteiger partial charge in [0.1, 0.15) is 5.82 Å². The van der Waals surface area contributed by atoms with E-state index in [2.05, 4.69) is 16.9 Å². The number of hydrogen-bond donors (Lipinski definition) is 1. The van der Waals surface area contributed by atoms with Crippen LogP contribution in [-0.2, 0) is 0 Å². The summed E-state index contributed by atoms with van der Waals surface area (Å²) >= 11 is 0. The van der Waals surface area contributed by atoms with Crippen molar-refractivity contribution in [3.05, 3.63) is 42.5 Å². The first kappa shape index (κ1) is 12.8. The van der Waals surface area contributed by atoms with Gasteiger partial charge >= 0.3 is 0 Å². The van der Waals surface area contributed by atoms with Crippen molar-refractivity contribution in [2.75, 3.05) is 6.54 Å². The number of hydrogen-bond acceptors (Lipinski definition) is 2. The monoisotopic (exact) mass is 222 g/mol. The van der Waals surface area contributed by atoms with Crippen molar-refractivity contribution < 1.29 is 4.39 Å². The second-order valence-electron chi connectivity index (χ2n) is 3.73. The summed E-state index contributed by atoms with van der Waals surface area (Å²) in [5.41, 5.74) is 0.709. The lowest BCUT2D eigenvalue weighted by molar-refractivity contribution is 0.472. The van der Waals surface area contributed by atoms with Crippen LogP contribution in [0.3, 0.4) is 0 Å². The number of halogens is 1. The predicted molar refractivity (Wildman–Crippen MR) is 64.7 cm³/mol. The Bertz CT molecular complexity index is 325. The van der Waals surface area contributed by atoms with E-state index in [1.165, 1.54) is 6.20 Å². The first-order valence-corrected chi connectivity index (χ1v) is 5.73. The number of allylic oxidation sites excluding steroid dienone is 1. The predicted octanol–water partition coefficient (Wildman–Crippen LogP) is 3.23. The molecule has 88 valence electrons. The number of nitrogens with zero attached hydrogens (tertiary/aromatic N) is 1. The topological polar surface area (TPSA) is 24.9 Å². The van der Waals surface area contributed by atoms with Gasteiger partial charge in [-0.15, -0.1) is 6.58 Å². The summed E-state index contributed by atoms with van der Waals surface area (Å²) in [4.78, 5) is 3.76. The first-order valence-electron chi connectivity index (χ1n) is 5.73. The molecule has 2 nitrogen and oxygen atoms in total. The number of nitrogens with one attached hydrogen (secondary N) is 1. The Hall–Kier alpha value is -1.22. The summed E-state index contributed by atoms with van der Waals surface area (Å²) in [5, 5.41) is 3.30. The minimum absolute atomic E-state index is 0.0768. The van der Waals surface area contributed by atoms with Gasteiger partial charge in [-0.3, -0.25) is 4.98 Å². The number of aromatic nitrogens is 1. The third-order valence-corrected chi connectivity index (χ3v) is 2.53. The maximum atomic E-state index is 13.5. The van der Waals surface area contributed by atoms with Crippen LogP contribution >= 0.6 is 0 Å². The molecule has 0 aliphatic heterocycles. The fourth-order valence-corrected chi connectivity index (χ4v) is 1.75. The molecule has 16 heavy (non-hydrogen) atoms. The molecule has 0 aromatic carbocycles. The van der Waals surface area contributed by atoms with E-state index in [0.717, 1.165) is 25.8 Å². The zero-order chi connectivity index (χ0) is 11.8. The normalized spacial score (nSPS) is 12.4. The molecule has 0 amide bonds. The lowest BCUT2D eigenvalue weighted by Gasteiger charge is -2.18. The molecule has 1 aromatic rings. The molecule has 1 rings (SSSR count). The minimum atomic E-state index is -0.230. The van der Waals surface area contributed by atoms with Gasteiger partial charge in [-0.05, 0) is 31.9 Å². The van der Waals surface area contributed by atoms with E-state index in [0.29, 0.717) is 5.56 Å². The smallest absolute Gasteiger partial charge is 0.146 e. The molecular formula is C13H19FN2. The standard InChI is InChI=1S/C13H19FN2/c1-3-5-6-7-13(16-4-2)11-8-9-15-10-12(11)14/h3,8-10,13,16H,1,4-7H2,2H3. The summed E-state index contributed by atoms with van der Waals surface area (Å²) < 4.78 is 13.5. The highest BCUT2D eigenvalue weighted by Gasteiger charge is 2.13. The number of rotatable bonds is 7. The van der Waals surface area contributed by atoms with Crippen LogP contribution in [0.1, 0.15) is 37.8 Å². The van der Waals surface area contributed by atoms with Crippen LogP contribution in [0.15, 0.2) is 31.1 Å². The summed E-state index contributed by atoms with van der Waals surface area (Å²) in [6.07, 6.45) is 7.70. The van der Waals surface area contributed by atoms with E-state index in [1.54, 1.807) is 12.3 Å². The van der Waals surface area contributed by atoms with Gasteiger partial charge in [-0.25, -0.2) is 4.39 Å². The maximum Gasteiger partial charge on any atom is 0.146 e. The summed E-state index contributed by atoms with van der Waals surface area (Å²) in [6.45, 7) is 6.55. The van der Waals surface area contributed by atoms with Gasteiger partial charge in [0.25, 0.3) is 0 Å². The molecule has 0 aliphatic carbocycles. The third-order valence-electron chi connectivity index (χ3n) is 2.53. The Morgan fingerprint density at radius 1 is 1.62 bits per heavy atom. The zero-order valence-corrected chi connectivity index (χ0v) is 9.75. The van der Waals surface area contributed by atoms with E-state index in [-0.39, 0.29) is 11.9 Å². The molecule has 1 unspecified atom stereocenters. The van der Waals surface area contributed by atoms with Crippen molar-refractivity contribution in [3.63, 3.8) is 0 Å². The molecule has 0 spiro atoms. The second-order valence-corrected chi connectivity index (χ2v) is 3.73. The SMILES string of the molecule is C=CCCCC(NCC)c1ccncc1F. The molecule has 1 heterocycles. The molecule has 0 bridgehead atoms. The highest BCUT2D eigenvalue weighted by atomic mass is 19.1. The second kappa shape index (κ2) is 7.12. The lowest BCUT2D eigenvalue weighted by Crippen LogP contribution is -2.21. The van der Waals surface area contributed by atoms with E-state index in [9.17, 15) is 4.39 Å². The summed E-state index contributed by atoms with van der Waals surface area (Å²) in [7, 11) is 0. The molecular weight excluding hydrogens is 203 g/mol. The van der Waals surface area contributed by atoms with Crippen molar-refractivity contribution in [3.8, 4) is 0 Å². The summed E-state index contributed by atoms with van der Waals surface area (Å²) in [6, 6.07) is 1.82. The van der Waals surface area contributed by atoms with E-state index in [1.807, 2.05) is 13.0 Å². The van der Waals surface area contributed by atoms with Gasteiger partial charge in [0.05, 0.1) is 6.20 Å². The van der Waals surface area contributed by atoms with Crippen molar-refractivity contribution in [1.82, 2.24) is 10.3 Å². The molecule has 0 aliphatic rings. The Kier molecular flexibility index (Phi) is 5.72. The highest BCUT2D eigenvalue weighted by molar-refractivity contribution is 5.17. The van der Waals surface area contributed by atoms with Crippen LogP contribution in [0.4, 0.5) is 4.39 Å². The maximum absolute atomic E-state index is 13.5. The molecule has 3 heteroatoms. The van der Waals surface area contributed by atoms with E-state index in [4.69, 9.17) is 0 Å². The third kappa shape index (κ3) is 3.74. The van der Waals surface area contributed by atoms with E-state index >= 15 is 0 Å². The van der Waals surface area contributed by atoms with Gasteiger partial charge in [-0.1, -0.05) is 13.0 Å². The van der Waals surface area contributed by atoms with Crippen molar-refractivity contribution in [2.24, 2.45) is 0 Å². The van der Waals surface area contributed by atoms with Gasteiger partial charge in [-0.2, -0.15) is 0 Å². The Labute approximate surface area is 96.6 Å². The lowest BCUT2D eigenvalue weighted by atomic mass is 10.0. The van der Waals surface area contributed by atoms with Gasteiger partial charge in [0.2, 0.25) is 0 Å². The molecule has 0 radical (unpaired) electrons. The van der Waals surface area contributed by atoms with Crippen molar-refractivity contribution in [1.29, 1.82) is 0 Å². The largest absolute Gasteiger partial charge is 0.310 e. The Morgan fingerprint density at radius 3 is 3.06 bits per heavy atom. The Balaban J connectivity index is 2.68. The van der Waals surface area contributed by atoms with Crippen LogP contribution in [0, 0.1) is 5.82 Å². The summed E-state index contributed by atoms with van der Waals surface area (Å²) in [5.74, 6) is -0.230. The molecule has 1 N–H and O–H groups in total. The quantitative estimate of drug-likeness (QED) is 0.566. The minimum Gasteiger partial charge on any atom is -0.310 e. The Morgan fingerprint density at radius 2 is 2.44 bits per heavy atom. The van der Waals surface area contributed by atoms with E-state index < -0.39 is 0 Å². The zero-order valence-electron chi connectivity index (χ0n) is 9.75. The van der Waals surface area contributed by atoms with Crippen LogP contribution in [0.25, 0.3) is 0 Å². The van der Waals surface area contributed by atoms with Crippen LogP contribution in [0.2, 0.25) is 0 Å². The molecule has 1 aromatic heterocycles. The van der Waals surface area contributed by atoms with Crippen molar-refractivity contribution in [2.45, 2.75) is 32.2 Å². The molecule has 0 saturated carbocycles. The van der Waals surface area contributed by atoms with Crippen molar-refractivity contribution >= 4 is 0 Å². The van der Waals surface area contributed by atoms with Crippen LogP contribution in [-0.4, -0.2) is 11.5 Å². The van der Waals surface area contributed by atoms with Crippen LogP contribution in [0.5, 0.6) is 0 Å². The average molecular weight is 222 g/mol. The first-order chi connectivity index (χ1) is 7.79. The fourth-order valence-electron chi connectivity index (χ4n) is 1.75. The molecule has 0 saturated heterocycles. The molecule has 0 fully saturated rings. The molecule has 1 atom stereocenters.